The number of piperidine rings is 1. The Bertz CT molecular complexity index is 179. The molecule has 1 fully saturated rings. The van der Waals surface area contributed by atoms with Gasteiger partial charge in [-0.15, -0.1) is 6.58 Å². The summed E-state index contributed by atoms with van der Waals surface area (Å²) in [5.41, 5.74) is 0. The molecule has 2 heteroatoms. The fourth-order valence-corrected chi connectivity index (χ4v) is 2.26. The number of nitrogens with zero attached hydrogens (tertiary/aromatic N) is 1. The molecule has 1 aliphatic rings. The lowest BCUT2D eigenvalue weighted by atomic mass is 9.93. The third-order valence-electron chi connectivity index (χ3n) is 3.32. The minimum Gasteiger partial charge on any atom is -0.314 e. The monoisotopic (exact) mass is 196 g/mol. The highest BCUT2D eigenvalue weighted by atomic mass is 15.2. The molecule has 1 rings (SSSR count). The third kappa shape index (κ3) is 2.82. The molecule has 1 heterocycles. The first-order valence-electron chi connectivity index (χ1n) is 5.79. The summed E-state index contributed by atoms with van der Waals surface area (Å²) in [4.78, 5) is 2.52. The van der Waals surface area contributed by atoms with Gasteiger partial charge in [-0.05, 0) is 25.8 Å². The molecule has 0 saturated carbocycles. The van der Waals surface area contributed by atoms with E-state index in [-0.39, 0.29) is 0 Å². The lowest BCUT2D eigenvalue weighted by Crippen LogP contribution is -2.50. The number of rotatable bonds is 4. The van der Waals surface area contributed by atoms with Crippen molar-refractivity contribution in [3.05, 3.63) is 12.7 Å². The zero-order chi connectivity index (χ0) is 10.6. The normalized spacial score (nSPS) is 31.4. The van der Waals surface area contributed by atoms with Gasteiger partial charge < -0.3 is 5.32 Å². The van der Waals surface area contributed by atoms with E-state index in [0.29, 0.717) is 12.1 Å². The maximum Gasteiger partial charge on any atom is 0.0247 e. The van der Waals surface area contributed by atoms with Crippen LogP contribution in [0.4, 0.5) is 0 Å². The van der Waals surface area contributed by atoms with E-state index in [1.807, 2.05) is 6.08 Å². The lowest BCUT2D eigenvalue weighted by Gasteiger charge is -2.39. The first-order valence-corrected chi connectivity index (χ1v) is 5.79. The van der Waals surface area contributed by atoms with E-state index in [1.165, 1.54) is 19.5 Å². The molecule has 0 aliphatic carbocycles. The van der Waals surface area contributed by atoms with E-state index in [2.05, 4.69) is 37.6 Å². The molecule has 0 aromatic rings. The molecular formula is C12H24N2. The van der Waals surface area contributed by atoms with E-state index in [4.69, 9.17) is 0 Å². The van der Waals surface area contributed by atoms with Gasteiger partial charge in [-0.25, -0.2) is 0 Å². The number of hydrogen-bond donors (Lipinski definition) is 1. The van der Waals surface area contributed by atoms with E-state index in [1.54, 1.807) is 0 Å². The van der Waals surface area contributed by atoms with Crippen LogP contribution in [0.2, 0.25) is 0 Å². The SMILES string of the molecule is C=CC(C)N1CCC(NCC)C(C)C1. The van der Waals surface area contributed by atoms with Crippen molar-refractivity contribution in [2.75, 3.05) is 19.6 Å². The third-order valence-corrected chi connectivity index (χ3v) is 3.32. The minimum atomic E-state index is 0.528. The van der Waals surface area contributed by atoms with Crippen molar-refractivity contribution >= 4 is 0 Å². The number of nitrogens with one attached hydrogen (secondary N) is 1. The first-order chi connectivity index (χ1) is 6.69. The van der Waals surface area contributed by atoms with Crippen molar-refractivity contribution in [1.29, 1.82) is 0 Å². The molecular weight excluding hydrogens is 172 g/mol. The molecule has 14 heavy (non-hydrogen) atoms. The summed E-state index contributed by atoms with van der Waals surface area (Å²) < 4.78 is 0. The Kier molecular flexibility index (Phi) is 4.63. The van der Waals surface area contributed by atoms with Crippen LogP contribution in [0.1, 0.15) is 27.2 Å². The molecule has 0 amide bonds. The van der Waals surface area contributed by atoms with Crippen molar-refractivity contribution in [3.8, 4) is 0 Å². The molecule has 0 aromatic heterocycles. The van der Waals surface area contributed by atoms with Gasteiger partial charge >= 0.3 is 0 Å². The molecule has 0 aromatic carbocycles. The van der Waals surface area contributed by atoms with Gasteiger partial charge in [0.15, 0.2) is 0 Å². The fourth-order valence-electron chi connectivity index (χ4n) is 2.26. The Hall–Kier alpha value is -0.340. The summed E-state index contributed by atoms with van der Waals surface area (Å²) in [7, 11) is 0. The minimum absolute atomic E-state index is 0.528. The summed E-state index contributed by atoms with van der Waals surface area (Å²) >= 11 is 0. The van der Waals surface area contributed by atoms with E-state index < -0.39 is 0 Å². The highest BCUT2D eigenvalue weighted by molar-refractivity contribution is 4.90. The maximum atomic E-state index is 3.86. The Morgan fingerprint density at radius 3 is 2.86 bits per heavy atom. The van der Waals surface area contributed by atoms with Crippen molar-refractivity contribution in [2.24, 2.45) is 5.92 Å². The second kappa shape index (κ2) is 5.52. The first kappa shape index (κ1) is 11.7. The summed E-state index contributed by atoms with van der Waals surface area (Å²) in [6, 6.07) is 1.24. The van der Waals surface area contributed by atoms with Crippen LogP contribution in [0.25, 0.3) is 0 Å². The zero-order valence-corrected chi connectivity index (χ0v) is 9.79. The Morgan fingerprint density at radius 1 is 1.64 bits per heavy atom. The molecule has 1 saturated heterocycles. The average Bonchev–Trinajstić information content (AvgIpc) is 2.20. The number of hydrogen-bond acceptors (Lipinski definition) is 2. The predicted molar refractivity (Wildman–Crippen MR) is 62.5 cm³/mol. The Morgan fingerprint density at radius 2 is 2.36 bits per heavy atom. The fraction of sp³-hybridized carbons (Fsp3) is 0.833. The van der Waals surface area contributed by atoms with Crippen LogP contribution in [0.3, 0.4) is 0 Å². The van der Waals surface area contributed by atoms with E-state index in [0.717, 1.165) is 12.5 Å². The maximum absolute atomic E-state index is 3.86. The topological polar surface area (TPSA) is 15.3 Å². The van der Waals surface area contributed by atoms with E-state index >= 15 is 0 Å². The molecule has 0 spiro atoms. The highest BCUT2D eigenvalue weighted by Gasteiger charge is 2.26. The summed E-state index contributed by atoms with van der Waals surface area (Å²) in [5, 5.41) is 3.56. The van der Waals surface area contributed by atoms with Crippen molar-refractivity contribution in [1.82, 2.24) is 10.2 Å². The average molecular weight is 196 g/mol. The molecule has 1 N–H and O–H groups in total. The quantitative estimate of drug-likeness (QED) is 0.691. The highest BCUT2D eigenvalue weighted by Crippen LogP contribution is 2.18. The van der Waals surface area contributed by atoms with Crippen LogP contribution in [0, 0.1) is 5.92 Å². The van der Waals surface area contributed by atoms with Gasteiger partial charge in [-0.3, -0.25) is 4.90 Å². The molecule has 2 nitrogen and oxygen atoms in total. The molecule has 3 atom stereocenters. The van der Waals surface area contributed by atoms with Crippen LogP contribution in [0.5, 0.6) is 0 Å². The van der Waals surface area contributed by atoms with Crippen LogP contribution >= 0.6 is 0 Å². The van der Waals surface area contributed by atoms with Crippen LogP contribution in [-0.2, 0) is 0 Å². The van der Waals surface area contributed by atoms with Gasteiger partial charge in [0.25, 0.3) is 0 Å². The summed E-state index contributed by atoms with van der Waals surface area (Å²) in [5.74, 6) is 0.756. The Balaban J connectivity index is 2.42. The zero-order valence-electron chi connectivity index (χ0n) is 9.79. The van der Waals surface area contributed by atoms with Crippen molar-refractivity contribution < 1.29 is 0 Å². The van der Waals surface area contributed by atoms with Crippen molar-refractivity contribution in [3.63, 3.8) is 0 Å². The van der Waals surface area contributed by atoms with Crippen LogP contribution in [0.15, 0.2) is 12.7 Å². The number of likely N-dealkylation sites (tertiary alicyclic amines) is 1. The van der Waals surface area contributed by atoms with Gasteiger partial charge in [-0.2, -0.15) is 0 Å². The largest absolute Gasteiger partial charge is 0.314 e. The molecule has 82 valence electrons. The Labute approximate surface area is 88.4 Å². The van der Waals surface area contributed by atoms with Gasteiger partial charge in [-0.1, -0.05) is 19.9 Å². The summed E-state index contributed by atoms with van der Waals surface area (Å²) in [6.07, 6.45) is 3.31. The van der Waals surface area contributed by atoms with Crippen LogP contribution < -0.4 is 5.32 Å². The molecule has 0 radical (unpaired) electrons. The van der Waals surface area contributed by atoms with Gasteiger partial charge in [0, 0.05) is 25.2 Å². The second-order valence-electron chi connectivity index (χ2n) is 4.40. The molecule has 1 aliphatic heterocycles. The standard InChI is InChI=1S/C12H24N2/c1-5-11(4)14-8-7-12(13-6-2)10(3)9-14/h5,10-13H,1,6-9H2,2-4H3. The molecule has 3 unspecified atom stereocenters. The lowest BCUT2D eigenvalue weighted by molar-refractivity contribution is 0.130. The van der Waals surface area contributed by atoms with Crippen molar-refractivity contribution in [2.45, 2.75) is 39.3 Å². The van der Waals surface area contributed by atoms with E-state index in [9.17, 15) is 0 Å². The predicted octanol–water partition coefficient (Wildman–Crippen LogP) is 1.88. The van der Waals surface area contributed by atoms with Gasteiger partial charge in [0.1, 0.15) is 0 Å². The van der Waals surface area contributed by atoms with Gasteiger partial charge in [0.05, 0.1) is 0 Å². The summed E-state index contributed by atoms with van der Waals surface area (Å²) in [6.45, 7) is 14.1. The second-order valence-corrected chi connectivity index (χ2v) is 4.40. The molecule has 0 bridgehead atoms. The van der Waals surface area contributed by atoms with Gasteiger partial charge in [0.2, 0.25) is 0 Å². The smallest absolute Gasteiger partial charge is 0.0247 e. The van der Waals surface area contributed by atoms with Crippen LogP contribution in [-0.4, -0.2) is 36.6 Å².